The first-order valence-electron chi connectivity index (χ1n) is 9.70. The van der Waals surface area contributed by atoms with Gasteiger partial charge in [0.25, 0.3) is 0 Å². The first-order valence-corrected chi connectivity index (χ1v) is 9.70. The Morgan fingerprint density at radius 2 is 2.15 bits per heavy atom. The summed E-state index contributed by atoms with van der Waals surface area (Å²) in [6.45, 7) is 8.58. The van der Waals surface area contributed by atoms with E-state index in [4.69, 9.17) is 9.26 Å². The predicted molar refractivity (Wildman–Crippen MR) is 102 cm³/mol. The fraction of sp³-hybridized carbons (Fsp3) is 0.600. The third-order valence-electron chi connectivity index (χ3n) is 5.09. The van der Waals surface area contributed by atoms with E-state index in [1.54, 1.807) is 6.20 Å². The maximum absolute atomic E-state index is 10.8. The van der Waals surface area contributed by atoms with Gasteiger partial charge < -0.3 is 14.2 Å². The van der Waals surface area contributed by atoms with Gasteiger partial charge in [0.1, 0.15) is 0 Å². The molecule has 1 saturated heterocycles. The molecule has 146 valence electrons. The van der Waals surface area contributed by atoms with Gasteiger partial charge in [-0.1, -0.05) is 19.0 Å². The Kier molecular flexibility index (Phi) is 6.42. The summed E-state index contributed by atoms with van der Waals surface area (Å²) in [4.78, 5) is 21.7. The number of nitrogens with zero attached hydrogens (tertiary/aromatic N) is 4. The maximum Gasteiger partial charge on any atom is 0.324 e. The molecule has 0 aliphatic carbocycles. The maximum atomic E-state index is 10.8. The van der Waals surface area contributed by atoms with Crippen LogP contribution in [0, 0.1) is 12.8 Å². The molecule has 2 aromatic rings. The Morgan fingerprint density at radius 3 is 2.78 bits per heavy atom. The Morgan fingerprint density at radius 1 is 1.37 bits per heavy atom. The zero-order valence-corrected chi connectivity index (χ0v) is 16.4. The molecule has 1 aliphatic rings. The molecule has 1 aliphatic heterocycles. The summed E-state index contributed by atoms with van der Waals surface area (Å²) in [6.07, 6.45) is 6.78. The Bertz CT molecular complexity index is 751. The number of carbonyl (C=O) groups is 1. The predicted octanol–water partition coefficient (Wildman–Crippen LogP) is 3.78. The summed E-state index contributed by atoms with van der Waals surface area (Å²) >= 11 is 0. The van der Waals surface area contributed by atoms with Crippen molar-refractivity contribution in [2.75, 3.05) is 24.6 Å². The topological polar surface area (TPSA) is 81.3 Å². The second-order valence-electron chi connectivity index (χ2n) is 7.51. The number of ether oxygens (including phenoxy) is 1. The molecule has 0 radical (unpaired) electrons. The van der Waals surface area contributed by atoms with Crippen molar-refractivity contribution in [3.05, 3.63) is 29.2 Å². The molecule has 0 bridgehead atoms. The second kappa shape index (κ2) is 8.97. The van der Waals surface area contributed by atoms with E-state index < -0.39 is 0 Å². The number of piperidine rings is 1. The van der Waals surface area contributed by atoms with Gasteiger partial charge in [-0.2, -0.15) is 4.98 Å². The quantitative estimate of drug-likeness (QED) is 0.515. The number of aldehydes is 1. The molecule has 3 rings (SSSR count). The number of aromatic nitrogens is 3. The van der Waals surface area contributed by atoms with Crippen LogP contribution in [0.25, 0.3) is 0 Å². The standard InChI is InChI=1S/C20H28N4O3/c1-14(2)19-22-20(27-23-19)24-8-6-16(7-9-24)5-4-10-26-18-11-15(3)17(13-25)12-21-18/h11-14,16H,4-10H2,1-3H3. The molecular weight excluding hydrogens is 344 g/mol. The molecule has 3 heterocycles. The molecule has 0 spiro atoms. The minimum Gasteiger partial charge on any atom is -0.478 e. The van der Waals surface area contributed by atoms with Crippen molar-refractivity contribution >= 4 is 12.3 Å². The minimum atomic E-state index is 0.285. The van der Waals surface area contributed by atoms with Crippen molar-refractivity contribution in [1.29, 1.82) is 0 Å². The van der Waals surface area contributed by atoms with E-state index in [9.17, 15) is 4.79 Å². The van der Waals surface area contributed by atoms with Gasteiger partial charge in [0, 0.05) is 36.8 Å². The van der Waals surface area contributed by atoms with Crippen molar-refractivity contribution in [3.8, 4) is 5.88 Å². The fourth-order valence-electron chi connectivity index (χ4n) is 3.29. The van der Waals surface area contributed by atoms with Gasteiger partial charge in [0.15, 0.2) is 12.1 Å². The zero-order chi connectivity index (χ0) is 19.2. The first kappa shape index (κ1) is 19.3. The van der Waals surface area contributed by atoms with E-state index in [2.05, 4.69) is 33.9 Å². The lowest BCUT2D eigenvalue weighted by molar-refractivity contribution is 0.112. The molecule has 7 nitrogen and oxygen atoms in total. The lowest BCUT2D eigenvalue weighted by Gasteiger charge is -2.30. The van der Waals surface area contributed by atoms with Crippen LogP contribution in [0.1, 0.15) is 67.2 Å². The van der Waals surface area contributed by atoms with Gasteiger partial charge in [-0.05, 0) is 44.1 Å². The average molecular weight is 372 g/mol. The number of hydrogen-bond donors (Lipinski definition) is 0. The third kappa shape index (κ3) is 5.05. The molecule has 2 aromatic heterocycles. The highest BCUT2D eigenvalue weighted by molar-refractivity contribution is 5.76. The molecule has 0 amide bonds. The van der Waals surface area contributed by atoms with Crippen LogP contribution in [0.15, 0.2) is 16.8 Å². The number of hydrogen-bond acceptors (Lipinski definition) is 7. The number of anilines is 1. The van der Waals surface area contributed by atoms with Crippen molar-refractivity contribution in [1.82, 2.24) is 15.1 Å². The van der Waals surface area contributed by atoms with Crippen molar-refractivity contribution in [2.24, 2.45) is 5.92 Å². The van der Waals surface area contributed by atoms with Crippen molar-refractivity contribution in [2.45, 2.75) is 52.4 Å². The molecule has 27 heavy (non-hydrogen) atoms. The van der Waals surface area contributed by atoms with Crippen LogP contribution in [0.3, 0.4) is 0 Å². The second-order valence-corrected chi connectivity index (χ2v) is 7.51. The largest absolute Gasteiger partial charge is 0.478 e. The lowest BCUT2D eigenvalue weighted by Crippen LogP contribution is -2.34. The summed E-state index contributed by atoms with van der Waals surface area (Å²) in [5, 5.41) is 4.05. The normalized spacial score (nSPS) is 15.3. The van der Waals surface area contributed by atoms with E-state index in [-0.39, 0.29) is 5.92 Å². The smallest absolute Gasteiger partial charge is 0.324 e. The summed E-state index contributed by atoms with van der Waals surface area (Å²) in [5.41, 5.74) is 1.50. The third-order valence-corrected chi connectivity index (χ3v) is 5.09. The average Bonchev–Trinajstić information content (AvgIpc) is 3.16. The molecule has 0 unspecified atom stereocenters. The van der Waals surface area contributed by atoms with Gasteiger partial charge in [-0.25, -0.2) is 4.98 Å². The van der Waals surface area contributed by atoms with Crippen LogP contribution in [-0.2, 0) is 0 Å². The van der Waals surface area contributed by atoms with Crippen molar-refractivity contribution in [3.63, 3.8) is 0 Å². The van der Waals surface area contributed by atoms with Gasteiger partial charge in [0.2, 0.25) is 5.88 Å². The number of pyridine rings is 1. The van der Waals surface area contributed by atoms with E-state index in [1.807, 2.05) is 13.0 Å². The van der Waals surface area contributed by atoms with E-state index in [0.29, 0.717) is 30.0 Å². The van der Waals surface area contributed by atoms with Gasteiger partial charge in [0.05, 0.1) is 6.61 Å². The van der Waals surface area contributed by atoms with Gasteiger partial charge >= 0.3 is 6.01 Å². The molecule has 1 fully saturated rings. The summed E-state index contributed by atoms with van der Waals surface area (Å²) < 4.78 is 11.1. The number of aryl methyl sites for hydroxylation is 1. The summed E-state index contributed by atoms with van der Waals surface area (Å²) in [7, 11) is 0. The highest BCUT2D eigenvalue weighted by atomic mass is 16.5. The van der Waals surface area contributed by atoms with Gasteiger partial charge in [-0.3, -0.25) is 4.79 Å². The SMILES string of the molecule is Cc1cc(OCCCC2CCN(c3nc(C(C)C)no3)CC2)ncc1C=O. The van der Waals surface area contributed by atoms with Gasteiger partial charge in [-0.15, -0.1) is 0 Å². The van der Waals surface area contributed by atoms with Crippen LogP contribution in [-0.4, -0.2) is 41.1 Å². The molecule has 0 saturated carbocycles. The monoisotopic (exact) mass is 372 g/mol. The van der Waals surface area contributed by atoms with Crippen molar-refractivity contribution < 1.29 is 14.1 Å². The lowest BCUT2D eigenvalue weighted by atomic mass is 9.92. The number of carbonyl (C=O) groups excluding carboxylic acids is 1. The van der Waals surface area contributed by atoms with Crippen LogP contribution in [0.2, 0.25) is 0 Å². The van der Waals surface area contributed by atoms with E-state index in [0.717, 1.165) is 56.4 Å². The Balaban J connectivity index is 1.37. The number of rotatable bonds is 8. The molecule has 0 atom stereocenters. The van der Waals surface area contributed by atoms with Crippen LogP contribution >= 0.6 is 0 Å². The van der Waals surface area contributed by atoms with Crippen LogP contribution < -0.4 is 9.64 Å². The Hall–Kier alpha value is -2.44. The summed E-state index contributed by atoms with van der Waals surface area (Å²) in [5.74, 6) is 2.34. The minimum absolute atomic E-state index is 0.285. The zero-order valence-electron chi connectivity index (χ0n) is 16.4. The highest BCUT2D eigenvalue weighted by Gasteiger charge is 2.23. The van der Waals surface area contributed by atoms with Crippen LogP contribution in [0.5, 0.6) is 5.88 Å². The fourth-order valence-corrected chi connectivity index (χ4v) is 3.29. The van der Waals surface area contributed by atoms with E-state index >= 15 is 0 Å². The Labute approximate surface area is 160 Å². The molecular formula is C20H28N4O3. The highest BCUT2D eigenvalue weighted by Crippen LogP contribution is 2.26. The molecule has 0 aromatic carbocycles. The first-order chi connectivity index (χ1) is 13.1. The molecule has 0 N–H and O–H groups in total. The molecule has 7 heteroatoms. The summed E-state index contributed by atoms with van der Waals surface area (Å²) in [6, 6.07) is 2.47. The van der Waals surface area contributed by atoms with E-state index in [1.165, 1.54) is 0 Å². The van der Waals surface area contributed by atoms with Crippen LogP contribution in [0.4, 0.5) is 6.01 Å².